The molecule has 0 saturated carbocycles. The van der Waals surface area contributed by atoms with E-state index in [1.165, 1.54) is 0 Å². The molecule has 0 spiro atoms. The average molecular weight is 273 g/mol. The van der Waals surface area contributed by atoms with Crippen LogP contribution in [0.25, 0.3) is 0 Å². The van der Waals surface area contributed by atoms with Crippen LogP contribution in [-0.4, -0.2) is 45.1 Å². The Kier molecular flexibility index (Phi) is 3.71. The molecule has 2 heterocycles. The summed E-state index contributed by atoms with van der Waals surface area (Å²) >= 11 is 0. The Morgan fingerprint density at radius 1 is 1.25 bits per heavy atom. The fourth-order valence-electron chi connectivity index (χ4n) is 2.53. The van der Waals surface area contributed by atoms with Crippen LogP contribution in [0.3, 0.4) is 0 Å². The highest BCUT2D eigenvalue weighted by Crippen LogP contribution is 2.19. The van der Waals surface area contributed by atoms with E-state index in [2.05, 4.69) is 10.00 Å². The average Bonchev–Trinajstić information content (AvgIpc) is 2.98. The summed E-state index contributed by atoms with van der Waals surface area (Å²) < 4.78 is 7.63. The zero-order valence-electron chi connectivity index (χ0n) is 11.5. The first-order valence-corrected chi connectivity index (χ1v) is 6.81. The van der Waals surface area contributed by atoms with Gasteiger partial charge in [-0.25, -0.2) is 0 Å². The van der Waals surface area contributed by atoms with E-state index >= 15 is 0 Å². The van der Waals surface area contributed by atoms with Gasteiger partial charge >= 0.3 is 0 Å². The zero-order chi connectivity index (χ0) is 13.9. The molecule has 106 valence electrons. The lowest BCUT2D eigenvalue weighted by Gasteiger charge is -2.16. The van der Waals surface area contributed by atoms with E-state index in [1.807, 2.05) is 49.6 Å². The Labute approximate surface area is 118 Å². The van der Waals surface area contributed by atoms with Crippen molar-refractivity contribution >= 4 is 0 Å². The van der Waals surface area contributed by atoms with Gasteiger partial charge in [-0.2, -0.15) is 5.10 Å². The van der Waals surface area contributed by atoms with Gasteiger partial charge in [0.15, 0.2) is 0 Å². The molecule has 2 aromatic rings. The van der Waals surface area contributed by atoms with Crippen LogP contribution in [0.4, 0.5) is 0 Å². The van der Waals surface area contributed by atoms with Crippen LogP contribution >= 0.6 is 0 Å². The molecule has 0 amide bonds. The Hall–Kier alpha value is -1.85. The van der Waals surface area contributed by atoms with Crippen LogP contribution in [0.15, 0.2) is 42.6 Å². The Balaban J connectivity index is 1.59. The molecule has 20 heavy (non-hydrogen) atoms. The largest absolute Gasteiger partial charge is 0.486 e. The smallest absolute Gasteiger partial charge is 0.138 e. The van der Waals surface area contributed by atoms with Gasteiger partial charge in [-0.1, -0.05) is 18.2 Å². The van der Waals surface area contributed by atoms with Crippen molar-refractivity contribution in [3.63, 3.8) is 0 Å². The minimum absolute atomic E-state index is 0.180. The van der Waals surface area contributed by atoms with Crippen molar-refractivity contribution in [2.24, 2.45) is 7.05 Å². The van der Waals surface area contributed by atoms with Gasteiger partial charge in [-0.15, -0.1) is 0 Å². The van der Waals surface area contributed by atoms with E-state index in [0.29, 0.717) is 13.1 Å². The minimum atomic E-state index is -0.459. The van der Waals surface area contributed by atoms with Crippen molar-refractivity contribution in [3.8, 4) is 5.75 Å². The lowest BCUT2D eigenvalue weighted by atomic mass is 10.2. The molecule has 3 rings (SSSR count). The van der Waals surface area contributed by atoms with Gasteiger partial charge in [0.05, 0.1) is 5.69 Å². The number of aliphatic hydroxyl groups excluding tert-OH is 1. The maximum Gasteiger partial charge on any atom is 0.138 e. The summed E-state index contributed by atoms with van der Waals surface area (Å²) in [5, 5.41) is 14.5. The number of benzene rings is 1. The molecule has 1 aliphatic rings. The van der Waals surface area contributed by atoms with E-state index in [4.69, 9.17) is 4.74 Å². The number of hydrogen-bond donors (Lipinski definition) is 1. The van der Waals surface area contributed by atoms with E-state index < -0.39 is 6.10 Å². The Bertz CT molecular complexity index is 555. The van der Waals surface area contributed by atoms with Gasteiger partial charge < -0.3 is 9.84 Å². The van der Waals surface area contributed by atoms with Crippen LogP contribution in [-0.2, 0) is 13.6 Å². The first-order valence-electron chi connectivity index (χ1n) is 6.81. The van der Waals surface area contributed by atoms with Crippen molar-refractivity contribution in [1.29, 1.82) is 0 Å². The maximum atomic E-state index is 10.1. The number of ether oxygens (including phenoxy) is 1. The number of rotatable bonds is 4. The predicted octanol–water partition coefficient (Wildman–Crippen LogP) is 1.04. The summed E-state index contributed by atoms with van der Waals surface area (Å²) in [7, 11) is 1.91. The van der Waals surface area contributed by atoms with Gasteiger partial charge in [0.2, 0.25) is 0 Å². The molecule has 1 N–H and O–H groups in total. The summed E-state index contributed by atoms with van der Waals surface area (Å²) in [5.41, 5.74) is 1.01. The number of likely N-dealkylation sites (tertiary alicyclic amines) is 1. The lowest BCUT2D eigenvalue weighted by Crippen LogP contribution is -2.29. The summed E-state index contributed by atoms with van der Waals surface area (Å²) in [6.45, 7) is 2.08. The van der Waals surface area contributed by atoms with Crippen LogP contribution < -0.4 is 4.74 Å². The molecule has 1 aromatic heterocycles. The van der Waals surface area contributed by atoms with E-state index in [-0.39, 0.29) is 6.10 Å². The summed E-state index contributed by atoms with van der Waals surface area (Å²) in [6, 6.07) is 11.6. The summed E-state index contributed by atoms with van der Waals surface area (Å²) in [5.74, 6) is 0.802. The maximum absolute atomic E-state index is 10.1. The molecule has 0 bridgehead atoms. The van der Waals surface area contributed by atoms with Crippen molar-refractivity contribution in [2.45, 2.75) is 18.8 Å². The molecule has 0 unspecified atom stereocenters. The van der Waals surface area contributed by atoms with Gasteiger partial charge in [0.25, 0.3) is 0 Å². The van der Waals surface area contributed by atoms with Gasteiger partial charge in [0, 0.05) is 32.9 Å². The van der Waals surface area contributed by atoms with Gasteiger partial charge in [-0.05, 0) is 18.2 Å². The topological polar surface area (TPSA) is 50.5 Å². The monoisotopic (exact) mass is 273 g/mol. The fraction of sp³-hybridized carbons (Fsp3) is 0.400. The highest BCUT2D eigenvalue weighted by molar-refractivity contribution is 5.21. The third-order valence-corrected chi connectivity index (χ3v) is 3.50. The number of aryl methyl sites for hydroxylation is 1. The molecule has 1 fully saturated rings. The third kappa shape index (κ3) is 3.00. The van der Waals surface area contributed by atoms with Gasteiger partial charge in [0.1, 0.15) is 18.0 Å². The highest BCUT2D eigenvalue weighted by atomic mass is 16.5. The second kappa shape index (κ2) is 5.64. The van der Waals surface area contributed by atoms with E-state index in [1.54, 1.807) is 4.68 Å². The second-order valence-electron chi connectivity index (χ2n) is 5.21. The standard InChI is InChI=1S/C15H19N3O2/c1-17-8-7-12(16-17)9-18-10-14(19)15(11-18)20-13-5-3-2-4-6-13/h2-8,14-15,19H,9-11H2,1H3/t14-,15-/m1/s1. The molecule has 2 atom stereocenters. The SMILES string of the molecule is Cn1ccc(CN2C[C@@H](O)[C@H](Oc3ccccc3)C2)n1. The molecular weight excluding hydrogens is 254 g/mol. The highest BCUT2D eigenvalue weighted by Gasteiger charge is 2.33. The Morgan fingerprint density at radius 3 is 2.75 bits per heavy atom. The molecular formula is C15H19N3O2. The molecule has 5 nitrogen and oxygen atoms in total. The molecule has 1 saturated heterocycles. The number of aliphatic hydroxyl groups is 1. The van der Waals surface area contributed by atoms with Crippen LogP contribution in [0.5, 0.6) is 5.75 Å². The zero-order valence-corrected chi connectivity index (χ0v) is 11.5. The van der Waals surface area contributed by atoms with Crippen molar-refractivity contribution < 1.29 is 9.84 Å². The number of para-hydroxylation sites is 1. The minimum Gasteiger partial charge on any atom is -0.486 e. The lowest BCUT2D eigenvalue weighted by molar-refractivity contribution is 0.0737. The first kappa shape index (κ1) is 13.1. The van der Waals surface area contributed by atoms with Crippen molar-refractivity contribution in [2.75, 3.05) is 13.1 Å². The number of aromatic nitrogens is 2. The second-order valence-corrected chi connectivity index (χ2v) is 5.21. The van der Waals surface area contributed by atoms with Crippen LogP contribution in [0.2, 0.25) is 0 Å². The molecule has 5 heteroatoms. The van der Waals surface area contributed by atoms with E-state index in [0.717, 1.165) is 18.0 Å². The fourth-order valence-corrected chi connectivity index (χ4v) is 2.53. The summed E-state index contributed by atoms with van der Waals surface area (Å²) in [4.78, 5) is 2.17. The number of β-amino-alcohol motifs (C(OH)–C–C–N with tert-alkyl or cyclic N) is 1. The molecule has 0 radical (unpaired) electrons. The van der Waals surface area contributed by atoms with Crippen molar-refractivity contribution in [3.05, 3.63) is 48.3 Å². The summed E-state index contributed by atoms with van der Waals surface area (Å²) in [6.07, 6.45) is 1.29. The third-order valence-electron chi connectivity index (χ3n) is 3.50. The number of hydrogen-bond acceptors (Lipinski definition) is 4. The Morgan fingerprint density at radius 2 is 2.05 bits per heavy atom. The number of nitrogens with zero attached hydrogens (tertiary/aromatic N) is 3. The van der Waals surface area contributed by atoms with Gasteiger partial charge in [-0.3, -0.25) is 9.58 Å². The first-order chi connectivity index (χ1) is 9.70. The van der Waals surface area contributed by atoms with E-state index in [9.17, 15) is 5.11 Å². The van der Waals surface area contributed by atoms with Crippen molar-refractivity contribution in [1.82, 2.24) is 14.7 Å². The molecule has 1 aliphatic heterocycles. The molecule has 1 aromatic carbocycles. The molecule has 0 aliphatic carbocycles. The normalized spacial score (nSPS) is 23.1. The van der Waals surface area contributed by atoms with Crippen LogP contribution in [0, 0.1) is 0 Å². The van der Waals surface area contributed by atoms with Crippen LogP contribution in [0.1, 0.15) is 5.69 Å². The quantitative estimate of drug-likeness (QED) is 0.904. The predicted molar refractivity (Wildman–Crippen MR) is 75.3 cm³/mol.